The first-order valence-electron chi connectivity index (χ1n) is 7.54. The van der Waals surface area contributed by atoms with Crippen molar-refractivity contribution < 1.29 is 13.8 Å². The molecular weight excluding hydrogens is 284 g/mol. The smallest absolute Gasteiger partial charge is 0.231 e. The van der Waals surface area contributed by atoms with Gasteiger partial charge >= 0.3 is 0 Å². The molecule has 22 heavy (non-hydrogen) atoms. The van der Waals surface area contributed by atoms with E-state index in [1.165, 1.54) is 0 Å². The molecule has 3 heterocycles. The summed E-state index contributed by atoms with van der Waals surface area (Å²) in [6, 6.07) is 0. The molecule has 2 aromatic heterocycles. The highest BCUT2D eigenvalue weighted by molar-refractivity contribution is 5.79. The fraction of sp³-hybridized carbons (Fsp3) is 0.600. The van der Waals surface area contributed by atoms with E-state index in [4.69, 9.17) is 9.05 Å². The molecule has 0 aromatic carbocycles. The topological polar surface area (TPSA) is 85.3 Å². The van der Waals surface area contributed by atoms with Gasteiger partial charge in [0.15, 0.2) is 5.82 Å². The summed E-state index contributed by atoms with van der Waals surface area (Å²) in [4.78, 5) is 18.7. The van der Waals surface area contributed by atoms with Crippen molar-refractivity contribution >= 4 is 5.91 Å². The minimum absolute atomic E-state index is 0.0929. The molecule has 0 aliphatic carbocycles. The fourth-order valence-corrected chi connectivity index (χ4v) is 2.90. The predicted molar refractivity (Wildman–Crippen MR) is 77.3 cm³/mol. The standard InChI is InChI=1S/C15H20N4O3/c1-9-13(10(2)21-17-9)7-14(20)19-6-4-5-12(8-19)15-16-11(3)18-22-15/h12H,4-8H2,1-3H3/t12-/m1/s1. The number of hydrogen-bond acceptors (Lipinski definition) is 6. The lowest BCUT2D eigenvalue weighted by molar-refractivity contribution is -0.131. The second-order valence-corrected chi connectivity index (χ2v) is 5.84. The van der Waals surface area contributed by atoms with E-state index < -0.39 is 0 Å². The summed E-state index contributed by atoms with van der Waals surface area (Å²) in [5.74, 6) is 2.20. The van der Waals surface area contributed by atoms with Crippen LogP contribution in [0.15, 0.2) is 9.05 Å². The Morgan fingerprint density at radius 1 is 1.27 bits per heavy atom. The summed E-state index contributed by atoms with van der Waals surface area (Å²) >= 11 is 0. The lowest BCUT2D eigenvalue weighted by Crippen LogP contribution is -2.40. The molecule has 0 radical (unpaired) electrons. The Labute approximate surface area is 128 Å². The predicted octanol–water partition coefficient (Wildman–Crippen LogP) is 1.93. The van der Waals surface area contributed by atoms with Crippen LogP contribution in [0.4, 0.5) is 0 Å². The van der Waals surface area contributed by atoms with Crippen LogP contribution in [-0.2, 0) is 11.2 Å². The molecule has 1 aliphatic heterocycles. The maximum absolute atomic E-state index is 12.5. The highest BCUT2D eigenvalue weighted by atomic mass is 16.5. The summed E-state index contributed by atoms with van der Waals surface area (Å²) in [5, 5.41) is 7.74. The number of hydrogen-bond donors (Lipinski definition) is 0. The average molecular weight is 304 g/mol. The van der Waals surface area contributed by atoms with Gasteiger partial charge in [0, 0.05) is 18.7 Å². The Balaban J connectivity index is 1.68. The van der Waals surface area contributed by atoms with Crippen LogP contribution in [-0.4, -0.2) is 39.2 Å². The molecule has 0 unspecified atom stereocenters. The SMILES string of the molecule is Cc1noc([C@@H]2CCCN(C(=O)Cc3c(C)noc3C)C2)n1. The van der Waals surface area contributed by atoms with Gasteiger partial charge in [0.1, 0.15) is 5.76 Å². The van der Waals surface area contributed by atoms with Gasteiger partial charge in [0.2, 0.25) is 11.8 Å². The van der Waals surface area contributed by atoms with Crippen molar-refractivity contribution in [3.63, 3.8) is 0 Å². The van der Waals surface area contributed by atoms with E-state index in [0.717, 1.165) is 30.6 Å². The monoisotopic (exact) mass is 304 g/mol. The van der Waals surface area contributed by atoms with E-state index in [2.05, 4.69) is 15.3 Å². The average Bonchev–Trinajstić information content (AvgIpc) is 3.08. The van der Waals surface area contributed by atoms with Crippen LogP contribution in [0.5, 0.6) is 0 Å². The Kier molecular flexibility index (Phi) is 3.96. The number of amides is 1. The zero-order valence-corrected chi connectivity index (χ0v) is 13.1. The molecule has 1 aliphatic rings. The highest BCUT2D eigenvalue weighted by Crippen LogP contribution is 2.26. The first-order chi connectivity index (χ1) is 10.5. The number of aromatic nitrogens is 3. The maximum Gasteiger partial charge on any atom is 0.231 e. The van der Waals surface area contributed by atoms with Crippen molar-refractivity contribution in [2.45, 2.75) is 46.0 Å². The van der Waals surface area contributed by atoms with E-state index in [1.807, 2.05) is 18.7 Å². The molecule has 118 valence electrons. The molecule has 2 aromatic rings. The van der Waals surface area contributed by atoms with Crippen molar-refractivity contribution in [2.75, 3.05) is 13.1 Å². The Morgan fingerprint density at radius 2 is 2.09 bits per heavy atom. The van der Waals surface area contributed by atoms with Gasteiger partial charge in [0.05, 0.1) is 18.0 Å². The van der Waals surface area contributed by atoms with Gasteiger partial charge in [-0.15, -0.1) is 0 Å². The Bertz CT molecular complexity index is 657. The van der Waals surface area contributed by atoms with Crippen LogP contribution in [0.3, 0.4) is 0 Å². The van der Waals surface area contributed by atoms with Crippen molar-refractivity contribution in [1.29, 1.82) is 0 Å². The number of carbonyl (C=O) groups excluding carboxylic acids is 1. The van der Waals surface area contributed by atoms with Gasteiger partial charge in [-0.3, -0.25) is 4.79 Å². The quantitative estimate of drug-likeness (QED) is 0.861. The fourth-order valence-electron chi connectivity index (χ4n) is 2.90. The largest absolute Gasteiger partial charge is 0.361 e. The third-order valence-electron chi connectivity index (χ3n) is 4.18. The molecule has 1 amide bonds. The molecule has 0 N–H and O–H groups in total. The first-order valence-corrected chi connectivity index (χ1v) is 7.54. The van der Waals surface area contributed by atoms with Crippen LogP contribution < -0.4 is 0 Å². The minimum Gasteiger partial charge on any atom is -0.361 e. The second-order valence-electron chi connectivity index (χ2n) is 5.84. The number of rotatable bonds is 3. The normalized spacial score (nSPS) is 18.7. The van der Waals surface area contributed by atoms with Gasteiger partial charge in [-0.2, -0.15) is 4.98 Å². The van der Waals surface area contributed by atoms with E-state index in [-0.39, 0.29) is 11.8 Å². The minimum atomic E-state index is 0.0929. The number of nitrogens with zero attached hydrogens (tertiary/aromatic N) is 4. The van der Waals surface area contributed by atoms with Crippen LogP contribution >= 0.6 is 0 Å². The van der Waals surface area contributed by atoms with Crippen molar-refractivity contribution in [1.82, 2.24) is 20.2 Å². The molecule has 0 spiro atoms. The summed E-state index contributed by atoms with van der Waals surface area (Å²) in [5.41, 5.74) is 1.67. The van der Waals surface area contributed by atoms with Gasteiger partial charge in [-0.05, 0) is 33.6 Å². The molecule has 0 bridgehead atoms. The van der Waals surface area contributed by atoms with Crippen molar-refractivity contribution in [2.24, 2.45) is 0 Å². The van der Waals surface area contributed by atoms with Crippen LogP contribution in [0.1, 0.15) is 47.5 Å². The summed E-state index contributed by atoms with van der Waals surface area (Å²) in [6.07, 6.45) is 2.24. The van der Waals surface area contributed by atoms with Crippen LogP contribution in [0.25, 0.3) is 0 Å². The third kappa shape index (κ3) is 2.88. The van der Waals surface area contributed by atoms with E-state index in [0.29, 0.717) is 30.4 Å². The lowest BCUT2D eigenvalue weighted by Gasteiger charge is -2.31. The number of carbonyl (C=O) groups is 1. The molecule has 1 saturated heterocycles. The van der Waals surface area contributed by atoms with Crippen LogP contribution in [0, 0.1) is 20.8 Å². The Hall–Kier alpha value is -2.18. The molecule has 1 atom stereocenters. The summed E-state index contributed by atoms with van der Waals surface area (Å²) in [7, 11) is 0. The molecule has 3 rings (SSSR count). The number of aryl methyl sites for hydroxylation is 3. The highest BCUT2D eigenvalue weighted by Gasteiger charge is 2.29. The molecule has 1 fully saturated rings. The Morgan fingerprint density at radius 3 is 2.73 bits per heavy atom. The van der Waals surface area contributed by atoms with Crippen molar-refractivity contribution in [3.8, 4) is 0 Å². The summed E-state index contributed by atoms with van der Waals surface area (Å²) < 4.78 is 10.4. The second kappa shape index (κ2) is 5.90. The van der Waals surface area contributed by atoms with Gasteiger partial charge in [-0.25, -0.2) is 0 Å². The van der Waals surface area contributed by atoms with Crippen molar-refractivity contribution in [3.05, 3.63) is 28.7 Å². The molecule has 7 heteroatoms. The zero-order chi connectivity index (χ0) is 15.7. The third-order valence-corrected chi connectivity index (χ3v) is 4.18. The first kappa shape index (κ1) is 14.7. The summed E-state index contributed by atoms with van der Waals surface area (Å²) in [6.45, 7) is 6.90. The zero-order valence-electron chi connectivity index (χ0n) is 13.1. The van der Waals surface area contributed by atoms with Gasteiger partial charge in [-0.1, -0.05) is 10.3 Å². The molecule has 0 saturated carbocycles. The van der Waals surface area contributed by atoms with Crippen LogP contribution in [0.2, 0.25) is 0 Å². The van der Waals surface area contributed by atoms with Gasteiger partial charge in [0.25, 0.3) is 0 Å². The van der Waals surface area contributed by atoms with E-state index in [9.17, 15) is 4.79 Å². The number of piperidine rings is 1. The lowest BCUT2D eigenvalue weighted by atomic mass is 9.97. The van der Waals surface area contributed by atoms with Gasteiger partial charge < -0.3 is 13.9 Å². The molecular formula is C15H20N4O3. The van der Waals surface area contributed by atoms with E-state index in [1.54, 1.807) is 6.92 Å². The molecule has 7 nitrogen and oxygen atoms in total. The number of likely N-dealkylation sites (tertiary alicyclic amines) is 1. The maximum atomic E-state index is 12.5. The van der Waals surface area contributed by atoms with E-state index >= 15 is 0 Å².